The molecule has 0 saturated carbocycles. The first-order valence-corrected chi connectivity index (χ1v) is 13.1. The number of benzene rings is 3. The van der Waals surface area contributed by atoms with E-state index in [0.717, 1.165) is 38.4 Å². The van der Waals surface area contributed by atoms with Gasteiger partial charge in [-0.1, -0.05) is 76.3 Å². The fourth-order valence-corrected chi connectivity index (χ4v) is 6.16. The number of methoxy groups -OCH3 is 1. The monoisotopic (exact) mass is 562 g/mol. The van der Waals surface area contributed by atoms with Crippen LogP contribution in [0.5, 0.6) is 5.75 Å². The second-order valence-electron chi connectivity index (χ2n) is 8.39. The van der Waals surface area contributed by atoms with Crippen molar-refractivity contribution in [3.63, 3.8) is 0 Å². The molecule has 1 aromatic heterocycles. The second kappa shape index (κ2) is 9.64. The lowest BCUT2D eigenvalue weighted by molar-refractivity contribution is -0.122. The number of thioether (sulfide) groups is 1. The van der Waals surface area contributed by atoms with Gasteiger partial charge in [-0.3, -0.25) is 9.69 Å². The number of nitrogens with zero attached hydrogens (tertiary/aromatic N) is 2. The van der Waals surface area contributed by atoms with Crippen LogP contribution in [0.15, 0.2) is 76.1 Å². The Balaban J connectivity index is 1.47. The molecule has 5 rings (SSSR count). The van der Waals surface area contributed by atoms with E-state index in [4.69, 9.17) is 17.0 Å². The van der Waals surface area contributed by atoms with Crippen LogP contribution in [-0.4, -0.2) is 26.8 Å². The minimum atomic E-state index is -0.0605. The van der Waals surface area contributed by atoms with Crippen LogP contribution in [-0.2, 0) is 11.3 Å². The maximum atomic E-state index is 13.2. The first-order chi connectivity index (χ1) is 16.9. The average molecular weight is 564 g/mol. The molecule has 0 radical (unpaired) electrons. The van der Waals surface area contributed by atoms with Gasteiger partial charge in [0.1, 0.15) is 10.1 Å². The molecule has 0 aliphatic carbocycles. The van der Waals surface area contributed by atoms with E-state index in [1.807, 2.05) is 36.4 Å². The number of carbonyl (C=O) groups is 1. The number of hydrogen-bond donors (Lipinski definition) is 0. The van der Waals surface area contributed by atoms with Crippen molar-refractivity contribution in [1.29, 1.82) is 0 Å². The lowest BCUT2D eigenvalue weighted by atomic mass is 10.1. The number of ether oxygens (including phenoxy) is 1. The van der Waals surface area contributed by atoms with Gasteiger partial charge in [-0.2, -0.15) is 0 Å². The highest BCUT2D eigenvalue weighted by molar-refractivity contribution is 9.10. The average Bonchev–Trinajstić information content (AvgIpc) is 3.29. The number of amides is 1. The van der Waals surface area contributed by atoms with Crippen molar-refractivity contribution in [3.05, 3.63) is 98.6 Å². The normalized spacial score (nSPS) is 15.0. The molecule has 1 fully saturated rings. The van der Waals surface area contributed by atoms with E-state index in [9.17, 15) is 4.79 Å². The van der Waals surface area contributed by atoms with Crippen LogP contribution in [0.3, 0.4) is 0 Å². The van der Waals surface area contributed by atoms with Crippen molar-refractivity contribution in [2.75, 3.05) is 7.11 Å². The van der Waals surface area contributed by atoms with Crippen molar-refractivity contribution in [2.24, 2.45) is 0 Å². The van der Waals surface area contributed by atoms with Gasteiger partial charge in [0.2, 0.25) is 0 Å². The molecule has 1 amide bonds. The summed E-state index contributed by atoms with van der Waals surface area (Å²) in [6.45, 7) is 4.62. The third-order valence-corrected chi connectivity index (χ3v) is 8.29. The zero-order valence-electron chi connectivity index (χ0n) is 19.5. The number of halogens is 1. The molecule has 1 saturated heterocycles. The molecule has 0 N–H and O–H groups in total. The van der Waals surface area contributed by atoms with E-state index < -0.39 is 0 Å². The van der Waals surface area contributed by atoms with E-state index >= 15 is 0 Å². The van der Waals surface area contributed by atoms with E-state index in [-0.39, 0.29) is 5.91 Å². The molecule has 3 aromatic carbocycles. The van der Waals surface area contributed by atoms with Crippen LogP contribution >= 0.6 is 39.9 Å². The van der Waals surface area contributed by atoms with Gasteiger partial charge >= 0.3 is 0 Å². The molecule has 176 valence electrons. The molecule has 35 heavy (non-hydrogen) atoms. The van der Waals surface area contributed by atoms with Crippen LogP contribution in [0, 0.1) is 13.8 Å². The number of rotatable bonds is 5. The van der Waals surface area contributed by atoms with E-state index in [1.54, 1.807) is 12.0 Å². The number of aryl methyl sites for hydroxylation is 1. The Morgan fingerprint density at radius 1 is 1.03 bits per heavy atom. The number of hydrogen-bond acceptors (Lipinski definition) is 4. The first-order valence-electron chi connectivity index (χ1n) is 11.1. The van der Waals surface area contributed by atoms with Crippen LogP contribution in [0.4, 0.5) is 0 Å². The van der Waals surface area contributed by atoms with Gasteiger partial charge in [0.05, 0.1) is 24.2 Å². The van der Waals surface area contributed by atoms with E-state index in [2.05, 4.69) is 70.7 Å². The summed E-state index contributed by atoms with van der Waals surface area (Å²) >= 11 is 10.6. The van der Waals surface area contributed by atoms with Crippen molar-refractivity contribution in [1.82, 2.24) is 9.47 Å². The van der Waals surface area contributed by atoms with Crippen LogP contribution in [0.2, 0.25) is 0 Å². The molecular weight excluding hydrogens is 540 g/mol. The van der Waals surface area contributed by atoms with Crippen molar-refractivity contribution in [3.8, 4) is 11.4 Å². The highest BCUT2D eigenvalue weighted by atomic mass is 79.9. The third kappa shape index (κ3) is 4.44. The maximum absolute atomic E-state index is 13.2. The fourth-order valence-electron chi connectivity index (χ4n) is 4.44. The van der Waals surface area contributed by atoms with Gasteiger partial charge in [0, 0.05) is 21.2 Å². The molecule has 1 aliphatic heterocycles. The summed E-state index contributed by atoms with van der Waals surface area (Å²) in [4.78, 5) is 15.6. The second-order valence-corrected chi connectivity index (χ2v) is 10.9. The smallest absolute Gasteiger partial charge is 0.266 e. The largest absolute Gasteiger partial charge is 0.497 e. The molecular formula is C28H23BrN2O2S2. The first kappa shape index (κ1) is 23.9. The Hall–Kier alpha value is -2.87. The fraction of sp³-hybridized carbons (Fsp3) is 0.143. The minimum absolute atomic E-state index is 0.0605. The zero-order valence-corrected chi connectivity index (χ0v) is 22.8. The van der Waals surface area contributed by atoms with Gasteiger partial charge in [0.25, 0.3) is 5.91 Å². The van der Waals surface area contributed by atoms with Crippen LogP contribution in [0.25, 0.3) is 22.5 Å². The summed E-state index contributed by atoms with van der Waals surface area (Å²) in [5.41, 5.74) is 5.32. The zero-order chi connectivity index (χ0) is 24.7. The molecule has 0 bridgehead atoms. The summed E-state index contributed by atoms with van der Waals surface area (Å²) in [7, 11) is 1.64. The van der Waals surface area contributed by atoms with Gasteiger partial charge in [0.15, 0.2) is 0 Å². The highest BCUT2D eigenvalue weighted by Crippen LogP contribution is 2.36. The van der Waals surface area contributed by atoms with Gasteiger partial charge in [-0.25, -0.2) is 0 Å². The number of aromatic nitrogens is 1. The maximum Gasteiger partial charge on any atom is 0.266 e. The summed E-state index contributed by atoms with van der Waals surface area (Å²) < 4.78 is 9.12. The molecule has 0 spiro atoms. The Morgan fingerprint density at radius 3 is 2.46 bits per heavy atom. The molecule has 2 heterocycles. The van der Waals surface area contributed by atoms with Crippen LogP contribution < -0.4 is 4.74 Å². The van der Waals surface area contributed by atoms with Crippen molar-refractivity contribution in [2.45, 2.75) is 20.4 Å². The SMILES string of the molecule is COc1ccc(CN2C(=O)/C(=C/c3cc(C)n(-c4ccc(Br)c5ccccc45)c3C)SC2=S)cc1. The molecule has 7 heteroatoms. The van der Waals surface area contributed by atoms with Gasteiger partial charge in [-0.15, -0.1) is 0 Å². The predicted octanol–water partition coefficient (Wildman–Crippen LogP) is 7.42. The topological polar surface area (TPSA) is 34.5 Å². The number of fused-ring (bicyclic) bond motifs is 1. The summed E-state index contributed by atoms with van der Waals surface area (Å²) in [6, 6.07) is 22.4. The number of thiocarbonyl (C=S) groups is 1. The third-order valence-electron chi connectivity index (χ3n) is 6.22. The Kier molecular flexibility index (Phi) is 6.57. The molecule has 0 unspecified atom stereocenters. The lowest BCUT2D eigenvalue weighted by Crippen LogP contribution is -2.27. The van der Waals surface area contributed by atoms with Crippen molar-refractivity contribution < 1.29 is 9.53 Å². The van der Waals surface area contributed by atoms with Crippen LogP contribution in [0.1, 0.15) is 22.5 Å². The molecule has 1 aliphatic rings. The predicted molar refractivity (Wildman–Crippen MR) is 152 cm³/mol. The van der Waals surface area contributed by atoms with Crippen molar-refractivity contribution >= 4 is 67.0 Å². The summed E-state index contributed by atoms with van der Waals surface area (Å²) in [5, 5.41) is 2.33. The highest BCUT2D eigenvalue weighted by Gasteiger charge is 2.32. The Morgan fingerprint density at radius 2 is 1.74 bits per heavy atom. The van der Waals surface area contributed by atoms with E-state index in [0.29, 0.717) is 15.8 Å². The summed E-state index contributed by atoms with van der Waals surface area (Å²) in [5.74, 6) is 0.725. The minimum Gasteiger partial charge on any atom is -0.497 e. The molecule has 4 nitrogen and oxygen atoms in total. The lowest BCUT2D eigenvalue weighted by Gasteiger charge is -2.14. The molecule has 0 atom stereocenters. The Bertz CT molecular complexity index is 1510. The Labute approximate surface area is 222 Å². The molecule has 4 aromatic rings. The van der Waals surface area contributed by atoms with Gasteiger partial charge < -0.3 is 9.30 Å². The quantitative estimate of drug-likeness (QED) is 0.187. The summed E-state index contributed by atoms with van der Waals surface area (Å²) in [6.07, 6.45) is 1.97. The number of carbonyl (C=O) groups excluding carboxylic acids is 1. The van der Waals surface area contributed by atoms with E-state index in [1.165, 1.54) is 22.5 Å². The standard InChI is InChI=1S/C28H23BrN2O2S2/c1-17-14-20(18(2)31(17)25-13-12-24(29)22-6-4-5-7-23(22)25)15-26-27(32)30(28(34)35-26)16-19-8-10-21(33-3)11-9-19/h4-15H,16H2,1-3H3/b26-15-. The van der Waals surface area contributed by atoms with Gasteiger partial charge in [-0.05, 0) is 66.8 Å².